The lowest BCUT2D eigenvalue weighted by molar-refractivity contribution is 0.783. The molecule has 0 aliphatic rings. The van der Waals surface area contributed by atoms with Gasteiger partial charge in [0.05, 0.1) is 15.9 Å². The van der Waals surface area contributed by atoms with Crippen molar-refractivity contribution in [2.24, 2.45) is 0 Å². The van der Waals surface area contributed by atoms with Gasteiger partial charge < -0.3 is 5.32 Å². The van der Waals surface area contributed by atoms with Crippen LogP contribution in [0.4, 0.5) is 5.82 Å². The smallest absolute Gasteiger partial charge is 0.162 e. The van der Waals surface area contributed by atoms with Crippen LogP contribution in [-0.4, -0.2) is 26.3 Å². The van der Waals surface area contributed by atoms with E-state index in [9.17, 15) is 0 Å². The van der Waals surface area contributed by atoms with Gasteiger partial charge in [-0.1, -0.05) is 13.8 Å². The van der Waals surface area contributed by atoms with E-state index in [1.807, 2.05) is 18.5 Å². The zero-order valence-corrected chi connectivity index (χ0v) is 14.0. The number of hydrogen-bond donors (Lipinski definition) is 1. The molecule has 2 rings (SSSR count). The van der Waals surface area contributed by atoms with Crippen LogP contribution >= 0.6 is 15.9 Å². The van der Waals surface area contributed by atoms with E-state index in [-0.39, 0.29) is 0 Å². The summed E-state index contributed by atoms with van der Waals surface area (Å²) in [5.74, 6) is 1.76. The largest absolute Gasteiger partial charge is 0.370 e. The van der Waals surface area contributed by atoms with Crippen LogP contribution < -0.4 is 5.32 Å². The molecular weight excluding hydrogens is 318 g/mol. The summed E-state index contributed by atoms with van der Waals surface area (Å²) in [6, 6.07) is 0. The van der Waals surface area contributed by atoms with Gasteiger partial charge in [-0.2, -0.15) is 5.10 Å². The van der Waals surface area contributed by atoms with E-state index in [4.69, 9.17) is 0 Å². The van der Waals surface area contributed by atoms with E-state index in [1.54, 1.807) is 6.33 Å². The molecule has 2 heterocycles. The fourth-order valence-corrected chi connectivity index (χ4v) is 2.38. The van der Waals surface area contributed by atoms with Crippen molar-refractivity contribution in [3.63, 3.8) is 0 Å². The van der Waals surface area contributed by atoms with Crippen molar-refractivity contribution in [1.29, 1.82) is 0 Å². The van der Waals surface area contributed by atoms with Crippen LogP contribution in [0.3, 0.4) is 0 Å². The second kappa shape index (κ2) is 6.35. The minimum absolute atomic E-state index is 0.854. The summed E-state index contributed by atoms with van der Waals surface area (Å²) in [6.07, 6.45) is 3.52. The molecular formula is C14H20BrN5. The normalized spacial score (nSPS) is 10.8. The van der Waals surface area contributed by atoms with Crippen LogP contribution in [0.5, 0.6) is 0 Å². The average molecular weight is 338 g/mol. The van der Waals surface area contributed by atoms with Gasteiger partial charge in [-0.05, 0) is 42.6 Å². The Labute approximate surface area is 128 Å². The maximum absolute atomic E-state index is 4.56. The topological polar surface area (TPSA) is 55.6 Å². The first-order valence-corrected chi connectivity index (χ1v) is 7.69. The fraction of sp³-hybridized carbons (Fsp3) is 0.500. The minimum Gasteiger partial charge on any atom is -0.370 e. The molecule has 0 fully saturated rings. The molecule has 0 aromatic carbocycles. The highest BCUT2D eigenvalue weighted by Crippen LogP contribution is 2.26. The quantitative estimate of drug-likeness (QED) is 0.908. The summed E-state index contributed by atoms with van der Waals surface area (Å²) in [5, 5.41) is 7.92. The van der Waals surface area contributed by atoms with E-state index in [0.717, 1.165) is 52.4 Å². The summed E-state index contributed by atoms with van der Waals surface area (Å²) >= 11 is 3.56. The lowest BCUT2D eigenvalue weighted by atomic mass is 10.2. The maximum Gasteiger partial charge on any atom is 0.162 e. The van der Waals surface area contributed by atoms with Gasteiger partial charge >= 0.3 is 0 Å². The molecule has 0 atom stereocenters. The zero-order chi connectivity index (χ0) is 14.7. The number of rotatable bonds is 5. The average Bonchev–Trinajstić information content (AvgIpc) is 2.72. The third-order valence-corrected chi connectivity index (χ3v) is 4.37. The highest BCUT2D eigenvalue weighted by atomic mass is 79.9. The van der Waals surface area contributed by atoms with E-state index in [0.29, 0.717) is 0 Å². The maximum atomic E-state index is 4.56. The highest BCUT2D eigenvalue weighted by Gasteiger charge is 2.16. The zero-order valence-electron chi connectivity index (χ0n) is 12.4. The van der Waals surface area contributed by atoms with Crippen molar-refractivity contribution in [3.05, 3.63) is 27.8 Å². The molecule has 2 aromatic heterocycles. The Morgan fingerprint density at radius 3 is 2.55 bits per heavy atom. The molecule has 5 nitrogen and oxygen atoms in total. The van der Waals surface area contributed by atoms with Gasteiger partial charge in [0, 0.05) is 12.1 Å². The number of halogens is 1. The fourth-order valence-electron chi connectivity index (χ4n) is 2.14. The first-order valence-electron chi connectivity index (χ1n) is 6.89. The molecule has 6 heteroatoms. The number of nitrogens with one attached hydrogen (secondary N) is 1. The predicted molar refractivity (Wildman–Crippen MR) is 84.5 cm³/mol. The van der Waals surface area contributed by atoms with Crippen LogP contribution in [-0.2, 0) is 6.42 Å². The molecule has 0 spiro atoms. The lowest BCUT2D eigenvalue weighted by Crippen LogP contribution is -2.12. The summed E-state index contributed by atoms with van der Waals surface area (Å²) in [6.45, 7) is 9.17. The van der Waals surface area contributed by atoms with Gasteiger partial charge in [0.25, 0.3) is 0 Å². The first kappa shape index (κ1) is 15.0. The van der Waals surface area contributed by atoms with Gasteiger partial charge in [0.2, 0.25) is 0 Å². The molecule has 0 unspecified atom stereocenters. The Morgan fingerprint density at radius 1 is 1.25 bits per heavy atom. The third-order valence-electron chi connectivity index (χ3n) is 3.22. The lowest BCUT2D eigenvalue weighted by Gasteiger charge is -2.13. The minimum atomic E-state index is 0.854. The number of nitrogens with zero attached hydrogens (tertiary/aromatic N) is 4. The number of aryl methyl sites for hydroxylation is 1. The van der Waals surface area contributed by atoms with Crippen LogP contribution in [0.2, 0.25) is 0 Å². The Kier molecular flexibility index (Phi) is 4.75. The first-order chi connectivity index (χ1) is 9.60. The highest BCUT2D eigenvalue weighted by molar-refractivity contribution is 9.10. The summed E-state index contributed by atoms with van der Waals surface area (Å²) in [7, 11) is 0. The SMILES string of the molecule is CCCNc1ncnc(-n2nc(C)c(Br)c2C)c1CC. The Bertz CT molecular complexity index is 606. The van der Waals surface area contributed by atoms with Crippen LogP contribution in [0.25, 0.3) is 5.82 Å². The number of hydrogen-bond acceptors (Lipinski definition) is 4. The summed E-state index contributed by atoms with van der Waals surface area (Å²) in [5.41, 5.74) is 3.11. The Balaban J connectivity index is 2.53. The van der Waals surface area contributed by atoms with Crippen molar-refractivity contribution in [1.82, 2.24) is 19.7 Å². The third kappa shape index (κ3) is 2.70. The van der Waals surface area contributed by atoms with E-state index < -0.39 is 0 Å². The monoisotopic (exact) mass is 337 g/mol. The van der Waals surface area contributed by atoms with Crippen molar-refractivity contribution >= 4 is 21.7 Å². The van der Waals surface area contributed by atoms with Crippen molar-refractivity contribution in [2.45, 2.75) is 40.5 Å². The Morgan fingerprint density at radius 2 is 2.00 bits per heavy atom. The van der Waals surface area contributed by atoms with Crippen molar-refractivity contribution < 1.29 is 0 Å². The van der Waals surface area contributed by atoms with E-state index in [1.165, 1.54) is 0 Å². The van der Waals surface area contributed by atoms with Gasteiger partial charge in [-0.15, -0.1) is 0 Å². The molecule has 0 radical (unpaired) electrons. The molecule has 0 aliphatic heterocycles. The van der Waals surface area contributed by atoms with Crippen molar-refractivity contribution in [2.75, 3.05) is 11.9 Å². The molecule has 0 aliphatic carbocycles. The van der Waals surface area contributed by atoms with Crippen LogP contribution in [0, 0.1) is 13.8 Å². The van der Waals surface area contributed by atoms with E-state index >= 15 is 0 Å². The summed E-state index contributed by atoms with van der Waals surface area (Å²) < 4.78 is 2.91. The Hall–Kier alpha value is -1.43. The molecule has 1 N–H and O–H groups in total. The molecule has 108 valence electrons. The molecule has 0 amide bonds. The second-order valence-electron chi connectivity index (χ2n) is 4.70. The second-order valence-corrected chi connectivity index (χ2v) is 5.49. The number of anilines is 1. The van der Waals surface area contributed by atoms with E-state index in [2.05, 4.69) is 50.2 Å². The van der Waals surface area contributed by atoms with Gasteiger partial charge in [0.1, 0.15) is 12.1 Å². The molecule has 20 heavy (non-hydrogen) atoms. The molecule has 0 bridgehead atoms. The molecule has 2 aromatic rings. The van der Waals surface area contributed by atoms with Gasteiger partial charge in [0.15, 0.2) is 5.82 Å². The van der Waals surface area contributed by atoms with Gasteiger partial charge in [-0.25, -0.2) is 14.6 Å². The van der Waals surface area contributed by atoms with Crippen molar-refractivity contribution in [3.8, 4) is 5.82 Å². The summed E-state index contributed by atoms with van der Waals surface area (Å²) in [4.78, 5) is 8.79. The number of aromatic nitrogens is 4. The molecule has 0 saturated carbocycles. The van der Waals surface area contributed by atoms with Gasteiger partial charge in [-0.3, -0.25) is 0 Å². The molecule has 0 saturated heterocycles. The predicted octanol–water partition coefficient (Wildman–Crippen LogP) is 3.43. The standard InChI is InChI=1S/C14H20BrN5/c1-5-7-16-13-11(6-2)14(18-8-17-13)20-10(4)12(15)9(3)19-20/h8H,5-7H2,1-4H3,(H,16,17,18). The van der Waals surface area contributed by atoms with Crippen LogP contribution in [0.1, 0.15) is 37.2 Å². The van der Waals surface area contributed by atoms with Crippen LogP contribution in [0.15, 0.2) is 10.8 Å².